The minimum atomic E-state index is -0.832. The fourth-order valence-corrected chi connectivity index (χ4v) is 1.94. The summed E-state index contributed by atoms with van der Waals surface area (Å²) >= 11 is 0. The van der Waals surface area contributed by atoms with Gasteiger partial charge in [-0.3, -0.25) is 4.79 Å². The molecule has 0 saturated heterocycles. The number of rotatable bonds is 10. The van der Waals surface area contributed by atoms with E-state index in [2.05, 4.69) is 10.3 Å². The highest BCUT2D eigenvalue weighted by molar-refractivity contribution is 5.96. The molecule has 1 amide bonds. The second-order valence-electron chi connectivity index (χ2n) is 5.07. The molecule has 0 aliphatic rings. The molecule has 1 aromatic heterocycles. The molecule has 1 aromatic rings. The smallest absolute Gasteiger partial charge is 0.256 e. The van der Waals surface area contributed by atoms with Crippen LogP contribution in [0.3, 0.4) is 0 Å². The van der Waals surface area contributed by atoms with Gasteiger partial charge in [0.1, 0.15) is 12.2 Å². The molecule has 0 fully saturated rings. The Kier molecular flexibility index (Phi) is 7.84. The summed E-state index contributed by atoms with van der Waals surface area (Å²) in [6.45, 7) is 7.37. The van der Waals surface area contributed by atoms with Gasteiger partial charge in [-0.05, 0) is 26.3 Å². The van der Waals surface area contributed by atoms with Crippen molar-refractivity contribution in [3.8, 4) is 5.88 Å². The van der Waals surface area contributed by atoms with Gasteiger partial charge in [0.2, 0.25) is 5.88 Å². The molecule has 6 heteroatoms. The average molecular weight is 310 g/mol. The normalized spacial score (nSPS) is 13.5. The highest BCUT2D eigenvalue weighted by Gasteiger charge is 2.32. The van der Waals surface area contributed by atoms with Gasteiger partial charge in [0.15, 0.2) is 0 Å². The van der Waals surface area contributed by atoms with E-state index < -0.39 is 5.60 Å². The predicted molar refractivity (Wildman–Crippen MR) is 85.2 cm³/mol. The third-order valence-corrected chi connectivity index (χ3v) is 3.33. The van der Waals surface area contributed by atoms with Gasteiger partial charge in [0.05, 0.1) is 18.5 Å². The molecule has 0 saturated carbocycles. The Balaban J connectivity index is 2.54. The van der Waals surface area contributed by atoms with E-state index in [1.54, 1.807) is 32.4 Å². The van der Waals surface area contributed by atoms with Gasteiger partial charge >= 0.3 is 0 Å². The van der Waals surface area contributed by atoms with Crippen molar-refractivity contribution >= 4 is 11.6 Å². The van der Waals surface area contributed by atoms with Crippen LogP contribution in [0.2, 0.25) is 0 Å². The van der Waals surface area contributed by atoms with Crippen molar-refractivity contribution < 1.29 is 19.0 Å². The minimum Gasteiger partial charge on any atom is -0.475 e. The van der Waals surface area contributed by atoms with Gasteiger partial charge < -0.3 is 19.5 Å². The van der Waals surface area contributed by atoms with Crippen LogP contribution < -0.4 is 10.1 Å². The monoisotopic (exact) mass is 310 g/mol. The van der Waals surface area contributed by atoms with E-state index >= 15 is 0 Å². The second kappa shape index (κ2) is 9.38. The molecule has 0 spiro atoms. The third kappa shape index (κ3) is 5.61. The summed E-state index contributed by atoms with van der Waals surface area (Å²) in [5.74, 6) is 0.324. The fraction of sp³-hybridized carbons (Fsp3) is 0.625. The third-order valence-electron chi connectivity index (χ3n) is 3.33. The number of methoxy groups -OCH3 is 1. The van der Waals surface area contributed by atoms with Crippen LogP contribution in [0.1, 0.15) is 33.6 Å². The van der Waals surface area contributed by atoms with Crippen LogP contribution in [-0.4, -0.2) is 43.4 Å². The van der Waals surface area contributed by atoms with Crippen LogP contribution in [0.25, 0.3) is 0 Å². The Bertz CT molecular complexity index is 450. The molecule has 0 unspecified atom stereocenters. The van der Waals surface area contributed by atoms with E-state index in [-0.39, 0.29) is 5.91 Å². The zero-order valence-electron chi connectivity index (χ0n) is 13.8. The van der Waals surface area contributed by atoms with E-state index in [0.717, 1.165) is 6.42 Å². The van der Waals surface area contributed by atoms with Crippen molar-refractivity contribution in [3.05, 3.63) is 18.3 Å². The summed E-state index contributed by atoms with van der Waals surface area (Å²) in [5, 5.41) is 2.82. The summed E-state index contributed by atoms with van der Waals surface area (Å²) in [4.78, 5) is 16.4. The maximum atomic E-state index is 12.3. The quantitative estimate of drug-likeness (QED) is 0.673. The SMILES string of the molecule is CCC[C@@](C)(OC)C(=O)Nc1ccc(OCCOCC)nc1. The lowest BCUT2D eigenvalue weighted by Crippen LogP contribution is -2.41. The highest BCUT2D eigenvalue weighted by atomic mass is 16.5. The molecule has 1 atom stereocenters. The summed E-state index contributed by atoms with van der Waals surface area (Å²) in [6, 6.07) is 3.47. The molecular weight excluding hydrogens is 284 g/mol. The molecule has 1 heterocycles. The zero-order valence-corrected chi connectivity index (χ0v) is 13.8. The van der Waals surface area contributed by atoms with E-state index in [9.17, 15) is 4.79 Å². The lowest BCUT2D eigenvalue weighted by Gasteiger charge is -2.26. The van der Waals surface area contributed by atoms with Crippen molar-refractivity contribution in [1.29, 1.82) is 0 Å². The van der Waals surface area contributed by atoms with Crippen LogP contribution >= 0.6 is 0 Å². The van der Waals surface area contributed by atoms with Crippen molar-refractivity contribution in [3.63, 3.8) is 0 Å². The average Bonchev–Trinajstić information content (AvgIpc) is 2.53. The molecule has 124 valence electrons. The number of carbonyl (C=O) groups excluding carboxylic acids is 1. The lowest BCUT2D eigenvalue weighted by atomic mass is 9.99. The predicted octanol–water partition coefficient (Wildman–Crippen LogP) is 2.64. The molecule has 0 aromatic carbocycles. The van der Waals surface area contributed by atoms with Gasteiger partial charge in [-0.25, -0.2) is 4.98 Å². The largest absolute Gasteiger partial charge is 0.475 e. The van der Waals surface area contributed by atoms with Crippen molar-refractivity contribution in [1.82, 2.24) is 4.98 Å². The summed E-state index contributed by atoms with van der Waals surface area (Å²) < 4.78 is 15.9. The van der Waals surface area contributed by atoms with Gasteiger partial charge in [-0.1, -0.05) is 13.3 Å². The van der Waals surface area contributed by atoms with Crippen molar-refractivity contribution in [2.75, 3.05) is 32.2 Å². The first-order valence-corrected chi connectivity index (χ1v) is 7.59. The molecule has 22 heavy (non-hydrogen) atoms. The lowest BCUT2D eigenvalue weighted by molar-refractivity contribution is -0.136. The Morgan fingerprint density at radius 2 is 2.09 bits per heavy atom. The molecule has 6 nitrogen and oxygen atoms in total. The Morgan fingerprint density at radius 3 is 2.64 bits per heavy atom. The number of nitrogens with one attached hydrogen (secondary N) is 1. The van der Waals surface area contributed by atoms with Crippen LogP contribution in [0.4, 0.5) is 5.69 Å². The van der Waals surface area contributed by atoms with Crippen molar-refractivity contribution in [2.45, 2.75) is 39.2 Å². The molecule has 0 bridgehead atoms. The molecule has 0 aliphatic carbocycles. The number of carbonyl (C=O) groups is 1. The molecule has 1 rings (SSSR count). The van der Waals surface area contributed by atoms with Crippen molar-refractivity contribution in [2.24, 2.45) is 0 Å². The van der Waals surface area contributed by atoms with E-state index in [1.807, 2.05) is 13.8 Å². The number of pyridine rings is 1. The Morgan fingerprint density at radius 1 is 1.32 bits per heavy atom. The minimum absolute atomic E-state index is 0.177. The first-order valence-electron chi connectivity index (χ1n) is 7.59. The molecule has 1 N–H and O–H groups in total. The summed E-state index contributed by atoms with van der Waals surface area (Å²) in [5.41, 5.74) is -0.219. The molecule has 0 aliphatic heterocycles. The second-order valence-corrected chi connectivity index (χ2v) is 5.07. The number of anilines is 1. The number of ether oxygens (including phenoxy) is 3. The topological polar surface area (TPSA) is 69.7 Å². The maximum absolute atomic E-state index is 12.3. The summed E-state index contributed by atoms with van der Waals surface area (Å²) in [7, 11) is 1.54. The first kappa shape index (κ1) is 18.4. The zero-order chi connectivity index (χ0) is 16.4. The van der Waals surface area contributed by atoms with Crippen LogP contribution in [0.15, 0.2) is 18.3 Å². The maximum Gasteiger partial charge on any atom is 0.256 e. The highest BCUT2D eigenvalue weighted by Crippen LogP contribution is 2.20. The standard InChI is InChI=1S/C16H26N2O4/c1-5-9-16(3,20-4)15(19)18-13-7-8-14(17-12-13)22-11-10-21-6-2/h7-8,12H,5-6,9-11H2,1-4H3,(H,18,19)/t16-/m1/s1. The number of aromatic nitrogens is 1. The number of nitrogens with zero attached hydrogens (tertiary/aromatic N) is 1. The van der Waals surface area contributed by atoms with E-state index in [1.165, 1.54) is 0 Å². The van der Waals surface area contributed by atoms with Crippen LogP contribution in [-0.2, 0) is 14.3 Å². The Labute approximate surface area is 132 Å². The molecule has 0 radical (unpaired) electrons. The Hall–Kier alpha value is -1.66. The van der Waals surface area contributed by atoms with Crippen LogP contribution in [0, 0.1) is 0 Å². The van der Waals surface area contributed by atoms with E-state index in [0.29, 0.717) is 37.8 Å². The number of hydrogen-bond donors (Lipinski definition) is 1. The number of amides is 1. The van der Waals surface area contributed by atoms with Gasteiger partial charge in [0.25, 0.3) is 5.91 Å². The van der Waals surface area contributed by atoms with Gasteiger partial charge in [-0.2, -0.15) is 0 Å². The summed E-state index contributed by atoms with van der Waals surface area (Å²) in [6.07, 6.45) is 3.08. The number of hydrogen-bond acceptors (Lipinski definition) is 5. The van der Waals surface area contributed by atoms with E-state index in [4.69, 9.17) is 14.2 Å². The molecular formula is C16H26N2O4. The van der Waals surface area contributed by atoms with Gasteiger partial charge in [0, 0.05) is 19.8 Å². The first-order chi connectivity index (χ1) is 10.6. The van der Waals surface area contributed by atoms with Gasteiger partial charge in [-0.15, -0.1) is 0 Å². The van der Waals surface area contributed by atoms with Crippen LogP contribution in [0.5, 0.6) is 5.88 Å². The fourth-order valence-electron chi connectivity index (χ4n) is 1.94.